The third-order valence-corrected chi connectivity index (χ3v) is 3.68. The third-order valence-electron chi connectivity index (χ3n) is 2.79. The second-order valence-corrected chi connectivity index (χ2v) is 5.61. The van der Waals surface area contributed by atoms with Crippen molar-refractivity contribution in [3.8, 4) is 0 Å². The lowest BCUT2D eigenvalue weighted by Gasteiger charge is -2.06. The molecule has 0 saturated heterocycles. The first-order chi connectivity index (χ1) is 8.97. The Kier molecular flexibility index (Phi) is 4.38. The van der Waals surface area contributed by atoms with Gasteiger partial charge >= 0.3 is 0 Å². The van der Waals surface area contributed by atoms with Crippen LogP contribution in [-0.2, 0) is 6.42 Å². The van der Waals surface area contributed by atoms with Crippen LogP contribution in [0.4, 0.5) is 4.39 Å². The van der Waals surface area contributed by atoms with E-state index in [0.29, 0.717) is 16.1 Å². The van der Waals surface area contributed by atoms with Crippen molar-refractivity contribution in [1.82, 2.24) is 0 Å². The van der Waals surface area contributed by atoms with Gasteiger partial charge in [-0.05, 0) is 42.3 Å². The number of hydrogen-bond acceptors (Lipinski definition) is 1. The van der Waals surface area contributed by atoms with Crippen LogP contribution in [0.1, 0.15) is 21.5 Å². The second kappa shape index (κ2) is 5.85. The van der Waals surface area contributed by atoms with Crippen LogP contribution in [0.25, 0.3) is 0 Å². The fourth-order valence-corrected chi connectivity index (χ4v) is 2.65. The zero-order valence-corrected chi connectivity index (χ0v) is 12.6. The Balaban J connectivity index is 2.25. The molecule has 2 aromatic rings. The number of aryl methyl sites for hydroxylation is 1. The van der Waals surface area contributed by atoms with E-state index in [1.165, 1.54) is 12.1 Å². The molecular formula is C15H11BrClFO. The molecule has 98 valence electrons. The minimum absolute atomic E-state index is 0.0185. The Morgan fingerprint density at radius 1 is 1.26 bits per heavy atom. The summed E-state index contributed by atoms with van der Waals surface area (Å²) in [6, 6.07) is 9.81. The number of rotatable bonds is 3. The number of carbonyl (C=O) groups is 1. The van der Waals surface area contributed by atoms with Crippen LogP contribution in [0.5, 0.6) is 0 Å². The van der Waals surface area contributed by atoms with Gasteiger partial charge in [0, 0.05) is 21.5 Å². The maximum atomic E-state index is 13.6. The minimum Gasteiger partial charge on any atom is -0.294 e. The van der Waals surface area contributed by atoms with Gasteiger partial charge in [-0.15, -0.1) is 0 Å². The van der Waals surface area contributed by atoms with Crippen LogP contribution in [0.2, 0.25) is 5.02 Å². The number of ketones is 1. The topological polar surface area (TPSA) is 17.1 Å². The second-order valence-electron chi connectivity index (χ2n) is 4.32. The SMILES string of the molecule is Cc1ccc(C(=O)Cc2ccc(Cl)cc2F)c(Br)c1. The van der Waals surface area contributed by atoms with Crippen molar-refractivity contribution in [2.75, 3.05) is 0 Å². The molecule has 0 unspecified atom stereocenters. The van der Waals surface area contributed by atoms with Gasteiger partial charge < -0.3 is 0 Å². The van der Waals surface area contributed by atoms with Crippen molar-refractivity contribution in [2.24, 2.45) is 0 Å². The number of halogens is 3. The van der Waals surface area contributed by atoms with E-state index in [9.17, 15) is 9.18 Å². The summed E-state index contributed by atoms with van der Waals surface area (Å²) in [5, 5.41) is 0.324. The van der Waals surface area contributed by atoms with Crippen LogP contribution in [0.3, 0.4) is 0 Å². The van der Waals surface area contributed by atoms with Crippen LogP contribution in [0.15, 0.2) is 40.9 Å². The normalized spacial score (nSPS) is 10.5. The number of carbonyl (C=O) groups excluding carboxylic acids is 1. The number of benzene rings is 2. The highest BCUT2D eigenvalue weighted by Gasteiger charge is 2.13. The van der Waals surface area contributed by atoms with E-state index in [1.54, 1.807) is 12.1 Å². The Bertz CT molecular complexity index is 640. The Labute approximate surface area is 124 Å². The average Bonchev–Trinajstić information content (AvgIpc) is 2.32. The Morgan fingerprint density at radius 2 is 2.00 bits per heavy atom. The highest BCUT2D eigenvalue weighted by molar-refractivity contribution is 9.10. The van der Waals surface area contributed by atoms with E-state index in [1.807, 2.05) is 19.1 Å². The van der Waals surface area contributed by atoms with E-state index >= 15 is 0 Å². The van der Waals surface area contributed by atoms with E-state index in [2.05, 4.69) is 15.9 Å². The summed E-state index contributed by atoms with van der Waals surface area (Å²) >= 11 is 9.04. The van der Waals surface area contributed by atoms with Crippen LogP contribution in [0, 0.1) is 12.7 Å². The summed E-state index contributed by atoms with van der Waals surface area (Å²) < 4.78 is 14.4. The van der Waals surface area contributed by atoms with E-state index in [0.717, 1.165) is 10.0 Å². The maximum Gasteiger partial charge on any atom is 0.168 e. The molecule has 4 heteroatoms. The molecule has 1 nitrogen and oxygen atoms in total. The fourth-order valence-electron chi connectivity index (χ4n) is 1.78. The molecule has 0 atom stereocenters. The van der Waals surface area contributed by atoms with Crippen molar-refractivity contribution in [2.45, 2.75) is 13.3 Å². The molecule has 2 rings (SSSR count). The monoisotopic (exact) mass is 340 g/mol. The molecule has 0 aromatic heterocycles. The maximum absolute atomic E-state index is 13.6. The molecule has 19 heavy (non-hydrogen) atoms. The van der Waals surface area contributed by atoms with Gasteiger partial charge in [-0.3, -0.25) is 4.79 Å². The molecule has 0 aliphatic rings. The predicted octanol–water partition coefficient (Wildman–Crippen LogP) is 4.98. The first-order valence-electron chi connectivity index (χ1n) is 5.70. The van der Waals surface area contributed by atoms with Gasteiger partial charge in [-0.2, -0.15) is 0 Å². The lowest BCUT2D eigenvalue weighted by atomic mass is 10.0. The van der Waals surface area contributed by atoms with Gasteiger partial charge in [0.1, 0.15) is 5.82 Å². The zero-order chi connectivity index (χ0) is 14.0. The molecule has 0 radical (unpaired) electrons. The Hall–Kier alpha value is -1.19. The highest BCUT2D eigenvalue weighted by Crippen LogP contribution is 2.22. The molecule has 0 aliphatic heterocycles. The standard InChI is InChI=1S/C15H11BrClFO/c1-9-2-5-12(13(16)6-9)15(19)7-10-3-4-11(17)8-14(10)18/h2-6,8H,7H2,1H3. The largest absolute Gasteiger partial charge is 0.294 e. The number of Topliss-reactive ketones (excluding diaryl/α,β-unsaturated/α-hetero) is 1. The first-order valence-corrected chi connectivity index (χ1v) is 6.88. The molecule has 0 N–H and O–H groups in total. The smallest absolute Gasteiger partial charge is 0.168 e. The molecule has 0 heterocycles. The van der Waals surface area contributed by atoms with Gasteiger partial charge in [0.15, 0.2) is 5.78 Å². The van der Waals surface area contributed by atoms with Gasteiger partial charge in [-0.1, -0.05) is 39.7 Å². The predicted molar refractivity (Wildman–Crippen MR) is 78.3 cm³/mol. The molecule has 0 saturated carbocycles. The lowest BCUT2D eigenvalue weighted by molar-refractivity contribution is 0.0991. The molecule has 0 bridgehead atoms. The van der Waals surface area contributed by atoms with Gasteiger partial charge in [0.05, 0.1) is 0 Å². The average molecular weight is 342 g/mol. The summed E-state index contributed by atoms with van der Waals surface area (Å²) in [6.07, 6.45) is 0.0185. The summed E-state index contributed by atoms with van der Waals surface area (Å²) in [6.45, 7) is 1.94. The van der Waals surface area contributed by atoms with E-state index in [4.69, 9.17) is 11.6 Å². The van der Waals surface area contributed by atoms with E-state index < -0.39 is 5.82 Å². The molecule has 0 amide bonds. The van der Waals surface area contributed by atoms with Gasteiger partial charge in [0.2, 0.25) is 0 Å². The van der Waals surface area contributed by atoms with Crippen molar-refractivity contribution >= 4 is 33.3 Å². The summed E-state index contributed by atoms with van der Waals surface area (Å²) in [5.41, 5.74) is 1.96. The highest BCUT2D eigenvalue weighted by atomic mass is 79.9. The van der Waals surface area contributed by atoms with E-state index in [-0.39, 0.29) is 12.2 Å². The quantitative estimate of drug-likeness (QED) is 0.720. The molecule has 2 aromatic carbocycles. The van der Waals surface area contributed by atoms with Gasteiger partial charge in [0.25, 0.3) is 0 Å². The summed E-state index contributed by atoms with van der Waals surface area (Å²) in [5.74, 6) is -0.586. The molecule has 0 aliphatic carbocycles. The lowest BCUT2D eigenvalue weighted by Crippen LogP contribution is -2.06. The van der Waals surface area contributed by atoms with Crippen LogP contribution >= 0.6 is 27.5 Å². The van der Waals surface area contributed by atoms with Crippen molar-refractivity contribution in [3.63, 3.8) is 0 Å². The van der Waals surface area contributed by atoms with Crippen LogP contribution in [-0.4, -0.2) is 5.78 Å². The fraction of sp³-hybridized carbons (Fsp3) is 0.133. The molecule has 0 fully saturated rings. The zero-order valence-electron chi connectivity index (χ0n) is 10.2. The Morgan fingerprint density at radius 3 is 2.63 bits per heavy atom. The summed E-state index contributed by atoms with van der Waals surface area (Å²) in [7, 11) is 0. The third kappa shape index (κ3) is 3.43. The van der Waals surface area contributed by atoms with Crippen LogP contribution < -0.4 is 0 Å². The molecule has 0 spiro atoms. The van der Waals surface area contributed by atoms with Gasteiger partial charge in [-0.25, -0.2) is 4.39 Å². The minimum atomic E-state index is -0.455. The summed E-state index contributed by atoms with van der Waals surface area (Å²) in [4.78, 5) is 12.2. The number of hydrogen-bond donors (Lipinski definition) is 0. The molecular weight excluding hydrogens is 331 g/mol. The first kappa shape index (κ1) is 14.2. The van der Waals surface area contributed by atoms with Crippen molar-refractivity contribution in [3.05, 3.63) is 68.4 Å². The van der Waals surface area contributed by atoms with Crippen molar-refractivity contribution in [1.29, 1.82) is 0 Å². The van der Waals surface area contributed by atoms with Crippen molar-refractivity contribution < 1.29 is 9.18 Å².